The van der Waals surface area contributed by atoms with Gasteiger partial charge in [-0.25, -0.2) is 0 Å². The van der Waals surface area contributed by atoms with E-state index in [-0.39, 0.29) is 0 Å². The van der Waals surface area contributed by atoms with Crippen LogP contribution in [0.5, 0.6) is 0 Å². The van der Waals surface area contributed by atoms with Crippen LogP contribution in [0.4, 0.5) is 0 Å². The first-order chi connectivity index (χ1) is 14.2. The Hall–Kier alpha value is -3.38. The van der Waals surface area contributed by atoms with Gasteiger partial charge in [0.2, 0.25) is 0 Å². The summed E-state index contributed by atoms with van der Waals surface area (Å²) in [5.41, 5.74) is 13.3. The second-order valence-corrected chi connectivity index (χ2v) is 7.97. The quantitative estimate of drug-likeness (QED) is 0.307. The van der Waals surface area contributed by atoms with Gasteiger partial charge in [-0.15, -0.1) is 0 Å². The van der Waals surface area contributed by atoms with Crippen molar-refractivity contribution in [2.24, 2.45) is 0 Å². The van der Waals surface area contributed by atoms with Crippen LogP contribution in [0.1, 0.15) is 44.5 Å². The molecule has 1 aliphatic carbocycles. The van der Waals surface area contributed by atoms with Crippen LogP contribution in [-0.4, -0.2) is 0 Å². The van der Waals surface area contributed by atoms with E-state index < -0.39 is 0 Å². The van der Waals surface area contributed by atoms with Crippen LogP contribution in [0.25, 0.3) is 11.1 Å². The van der Waals surface area contributed by atoms with Crippen molar-refractivity contribution in [1.29, 1.82) is 0 Å². The Morgan fingerprint density at radius 1 is 0.517 bits per heavy atom. The molecule has 140 valence electrons. The van der Waals surface area contributed by atoms with Gasteiger partial charge in [0.25, 0.3) is 0 Å². The molecule has 29 heavy (non-hydrogen) atoms. The number of rotatable bonds is 2. The van der Waals surface area contributed by atoms with E-state index in [1.165, 1.54) is 55.7 Å². The van der Waals surface area contributed by atoms with E-state index in [9.17, 15) is 0 Å². The molecule has 0 atom stereocenters. The van der Waals surface area contributed by atoms with Crippen LogP contribution in [0.2, 0.25) is 0 Å². The average Bonchev–Trinajstić information content (AvgIpc) is 2.76. The third-order valence-corrected chi connectivity index (χ3v) is 5.88. The lowest BCUT2D eigenvalue weighted by Gasteiger charge is -2.26. The lowest BCUT2D eigenvalue weighted by Crippen LogP contribution is -2.09. The van der Waals surface area contributed by atoms with E-state index in [0.29, 0.717) is 0 Å². The van der Waals surface area contributed by atoms with Crippen LogP contribution in [0.15, 0.2) is 97.1 Å². The topological polar surface area (TPSA) is 0 Å². The molecule has 0 fully saturated rings. The smallest absolute Gasteiger partial charge is 0.00134 e. The molecular formula is C29H24. The van der Waals surface area contributed by atoms with E-state index in [0.717, 1.165) is 6.42 Å². The Morgan fingerprint density at radius 2 is 0.931 bits per heavy atom. The SMILES string of the molecule is Cc1ccc(C(=C2c3ccccc3Cc3ccccc32)c2ccc(C)cc2)cc1. The standard InChI is InChI=1S/C29H24/c1-20-11-15-22(16-12-20)28(23-17-13-21(2)14-18-23)29-26-9-5-3-7-24(26)19-25-8-4-6-10-27(25)29/h3-18H,19H2,1-2H3. The van der Waals surface area contributed by atoms with Crippen LogP contribution in [-0.2, 0) is 6.42 Å². The maximum absolute atomic E-state index is 2.28. The number of hydrogen-bond acceptors (Lipinski definition) is 0. The normalized spacial score (nSPS) is 12.3. The minimum Gasteiger partial charge on any atom is -0.0619 e. The number of fused-ring (bicyclic) bond motifs is 2. The van der Waals surface area contributed by atoms with E-state index >= 15 is 0 Å². The average molecular weight is 373 g/mol. The van der Waals surface area contributed by atoms with E-state index in [4.69, 9.17) is 0 Å². The summed E-state index contributed by atoms with van der Waals surface area (Å²) in [6.07, 6.45) is 0.991. The molecule has 0 nitrogen and oxygen atoms in total. The summed E-state index contributed by atoms with van der Waals surface area (Å²) in [4.78, 5) is 0. The lowest BCUT2D eigenvalue weighted by atomic mass is 9.77. The highest BCUT2D eigenvalue weighted by Crippen LogP contribution is 2.42. The van der Waals surface area contributed by atoms with Gasteiger partial charge in [-0.3, -0.25) is 0 Å². The predicted octanol–water partition coefficient (Wildman–Crippen LogP) is 7.22. The zero-order valence-electron chi connectivity index (χ0n) is 16.9. The van der Waals surface area contributed by atoms with Crippen molar-refractivity contribution in [2.45, 2.75) is 20.3 Å². The zero-order chi connectivity index (χ0) is 19.8. The second-order valence-electron chi connectivity index (χ2n) is 7.97. The van der Waals surface area contributed by atoms with Gasteiger partial charge in [0.05, 0.1) is 0 Å². The molecule has 0 heteroatoms. The molecular weight excluding hydrogens is 348 g/mol. The summed E-state index contributed by atoms with van der Waals surface area (Å²) >= 11 is 0. The first-order valence-electron chi connectivity index (χ1n) is 10.3. The first-order valence-corrected chi connectivity index (χ1v) is 10.3. The fourth-order valence-electron chi connectivity index (χ4n) is 4.35. The monoisotopic (exact) mass is 372 g/mol. The first kappa shape index (κ1) is 17.7. The third-order valence-electron chi connectivity index (χ3n) is 5.88. The van der Waals surface area contributed by atoms with E-state index in [1.54, 1.807) is 0 Å². The van der Waals surface area contributed by atoms with Gasteiger partial charge in [0.15, 0.2) is 0 Å². The summed E-state index contributed by atoms with van der Waals surface area (Å²) in [6.45, 7) is 4.29. The summed E-state index contributed by atoms with van der Waals surface area (Å²) in [5, 5.41) is 0. The van der Waals surface area contributed by atoms with Gasteiger partial charge in [0.1, 0.15) is 0 Å². The van der Waals surface area contributed by atoms with Crippen LogP contribution in [0.3, 0.4) is 0 Å². The molecule has 5 rings (SSSR count). The molecule has 4 aromatic carbocycles. The van der Waals surface area contributed by atoms with Crippen molar-refractivity contribution in [2.75, 3.05) is 0 Å². The highest BCUT2D eigenvalue weighted by molar-refractivity contribution is 6.06. The molecule has 0 heterocycles. The molecule has 0 bridgehead atoms. The molecule has 0 radical (unpaired) electrons. The number of hydrogen-bond donors (Lipinski definition) is 0. The van der Waals surface area contributed by atoms with Gasteiger partial charge in [0, 0.05) is 0 Å². The molecule has 0 saturated carbocycles. The Balaban J connectivity index is 1.90. The van der Waals surface area contributed by atoms with Gasteiger partial charge >= 0.3 is 0 Å². The third kappa shape index (κ3) is 3.21. The lowest BCUT2D eigenvalue weighted by molar-refractivity contribution is 1.14. The molecule has 0 spiro atoms. The molecule has 0 amide bonds. The zero-order valence-corrected chi connectivity index (χ0v) is 16.9. The Morgan fingerprint density at radius 3 is 1.38 bits per heavy atom. The summed E-state index contributed by atoms with van der Waals surface area (Å²) < 4.78 is 0. The maximum Gasteiger partial charge on any atom is -0.00134 e. The number of benzene rings is 4. The molecule has 0 aromatic heterocycles. The van der Waals surface area contributed by atoms with Crippen LogP contribution in [0, 0.1) is 13.8 Å². The van der Waals surface area contributed by atoms with E-state index in [1.807, 2.05) is 0 Å². The number of aryl methyl sites for hydroxylation is 2. The minimum atomic E-state index is 0.991. The molecule has 0 unspecified atom stereocenters. The van der Waals surface area contributed by atoms with Crippen molar-refractivity contribution in [3.05, 3.63) is 142 Å². The highest BCUT2D eigenvalue weighted by Gasteiger charge is 2.24. The van der Waals surface area contributed by atoms with Gasteiger partial charge in [-0.2, -0.15) is 0 Å². The Bertz CT molecular complexity index is 1110. The predicted molar refractivity (Wildman–Crippen MR) is 123 cm³/mol. The van der Waals surface area contributed by atoms with Crippen molar-refractivity contribution in [1.82, 2.24) is 0 Å². The van der Waals surface area contributed by atoms with Crippen molar-refractivity contribution < 1.29 is 0 Å². The van der Waals surface area contributed by atoms with Gasteiger partial charge < -0.3 is 0 Å². The van der Waals surface area contributed by atoms with Crippen LogP contribution >= 0.6 is 0 Å². The summed E-state index contributed by atoms with van der Waals surface area (Å²) in [6, 6.07) is 35.6. The molecule has 0 aliphatic heterocycles. The van der Waals surface area contributed by atoms with E-state index in [2.05, 4.69) is 111 Å². The molecule has 4 aromatic rings. The highest BCUT2D eigenvalue weighted by atomic mass is 14.3. The van der Waals surface area contributed by atoms with Crippen molar-refractivity contribution >= 4 is 11.1 Å². The van der Waals surface area contributed by atoms with Crippen LogP contribution < -0.4 is 0 Å². The molecule has 0 saturated heterocycles. The fraction of sp³-hybridized carbons (Fsp3) is 0.103. The van der Waals surface area contributed by atoms with Gasteiger partial charge in [-0.1, -0.05) is 108 Å². The Labute approximate surface area is 173 Å². The minimum absolute atomic E-state index is 0.991. The summed E-state index contributed by atoms with van der Waals surface area (Å²) in [5.74, 6) is 0. The summed E-state index contributed by atoms with van der Waals surface area (Å²) in [7, 11) is 0. The van der Waals surface area contributed by atoms with Crippen molar-refractivity contribution in [3.8, 4) is 0 Å². The van der Waals surface area contributed by atoms with Gasteiger partial charge in [-0.05, 0) is 64.8 Å². The second kappa shape index (κ2) is 7.22. The molecule has 1 aliphatic rings. The maximum atomic E-state index is 2.28. The van der Waals surface area contributed by atoms with Crippen molar-refractivity contribution in [3.63, 3.8) is 0 Å². The fourth-order valence-corrected chi connectivity index (χ4v) is 4.35. The molecule has 0 N–H and O–H groups in total. The largest absolute Gasteiger partial charge is 0.0619 e. The Kier molecular flexibility index (Phi) is 4.41.